The van der Waals surface area contributed by atoms with Crippen molar-refractivity contribution < 1.29 is 14.3 Å². The molecule has 0 radical (unpaired) electrons. The Kier molecular flexibility index (Phi) is 3.26. The van der Waals surface area contributed by atoms with Crippen LogP contribution in [-0.2, 0) is 11.2 Å². The predicted molar refractivity (Wildman–Crippen MR) is 78.8 cm³/mol. The molecule has 0 saturated carbocycles. The second-order valence-corrected chi connectivity index (χ2v) is 5.42. The lowest BCUT2D eigenvalue weighted by molar-refractivity contribution is -0.117. The number of hydrogen-bond donors (Lipinski definition) is 1. The molecular weight excluding hydrogens is 269 g/mol. The molecule has 0 aromatic heterocycles. The van der Waals surface area contributed by atoms with Gasteiger partial charge in [0, 0.05) is 12.7 Å². The first kappa shape index (κ1) is 13.8. The molecule has 2 aromatic carbocycles. The highest BCUT2D eigenvalue weighted by molar-refractivity contribution is 6.00. The number of halogens is 1. The van der Waals surface area contributed by atoms with Crippen molar-refractivity contribution in [3.8, 4) is 0 Å². The molecule has 21 heavy (non-hydrogen) atoms. The van der Waals surface area contributed by atoms with Crippen molar-refractivity contribution in [3.63, 3.8) is 0 Å². The first-order valence-electron chi connectivity index (χ1n) is 6.81. The lowest BCUT2D eigenvalue weighted by Crippen LogP contribution is -2.20. The highest BCUT2D eigenvalue weighted by Gasteiger charge is 2.25. The van der Waals surface area contributed by atoms with Crippen molar-refractivity contribution >= 4 is 11.6 Å². The van der Waals surface area contributed by atoms with Gasteiger partial charge in [-0.3, -0.25) is 4.79 Å². The van der Waals surface area contributed by atoms with E-state index in [0.29, 0.717) is 23.1 Å². The van der Waals surface area contributed by atoms with Gasteiger partial charge in [0.15, 0.2) is 0 Å². The number of likely N-dealkylation sites (N-methyl/N-ethyl adjacent to an activating group) is 1. The van der Waals surface area contributed by atoms with E-state index in [9.17, 15) is 14.3 Å². The average Bonchev–Trinajstić information content (AvgIpc) is 2.73. The number of aliphatic hydroxyl groups excluding tert-OH is 1. The van der Waals surface area contributed by atoms with E-state index in [1.165, 1.54) is 12.1 Å². The molecule has 108 valence electrons. The molecule has 4 heteroatoms. The van der Waals surface area contributed by atoms with E-state index in [0.717, 1.165) is 11.3 Å². The van der Waals surface area contributed by atoms with Gasteiger partial charge in [0.25, 0.3) is 0 Å². The molecule has 0 aliphatic carbocycles. The van der Waals surface area contributed by atoms with Crippen LogP contribution in [-0.4, -0.2) is 18.1 Å². The summed E-state index contributed by atoms with van der Waals surface area (Å²) < 4.78 is 13.2. The minimum Gasteiger partial charge on any atom is -0.384 e. The standard InChI is InChI=1S/C17H16FNO2/c1-10-7-13(18)4-5-14(10)17(21)11-3-6-15-12(8-11)9-16(20)19(15)2/h3-8,17,21H,9H2,1-2H3. The topological polar surface area (TPSA) is 40.5 Å². The molecule has 1 unspecified atom stereocenters. The SMILES string of the molecule is Cc1cc(F)ccc1C(O)c1ccc2c(c1)CC(=O)N2C. The molecule has 0 spiro atoms. The maximum atomic E-state index is 13.2. The molecule has 2 aromatic rings. The maximum absolute atomic E-state index is 13.2. The predicted octanol–water partition coefficient (Wildman–Crippen LogP) is 2.73. The smallest absolute Gasteiger partial charge is 0.231 e. The Balaban J connectivity index is 1.98. The number of carbonyl (C=O) groups is 1. The first-order chi connectivity index (χ1) is 9.97. The lowest BCUT2D eigenvalue weighted by Gasteiger charge is -2.16. The number of carbonyl (C=O) groups excluding carboxylic acids is 1. The molecule has 3 rings (SSSR count). The van der Waals surface area contributed by atoms with E-state index >= 15 is 0 Å². The minimum atomic E-state index is -0.822. The maximum Gasteiger partial charge on any atom is 0.231 e. The lowest BCUT2D eigenvalue weighted by atomic mass is 9.95. The molecule has 0 fully saturated rings. The molecule has 0 bridgehead atoms. The minimum absolute atomic E-state index is 0.0506. The van der Waals surface area contributed by atoms with Gasteiger partial charge in [-0.1, -0.05) is 18.2 Å². The summed E-state index contributed by atoms with van der Waals surface area (Å²) in [5, 5.41) is 10.5. The number of amides is 1. The van der Waals surface area contributed by atoms with E-state index in [2.05, 4.69) is 0 Å². The molecule has 0 saturated heterocycles. The number of rotatable bonds is 2. The van der Waals surface area contributed by atoms with Gasteiger partial charge in [0.1, 0.15) is 11.9 Å². The molecule has 1 aliphatic heterocycles. The summed E-state index contributed by atoms with van der Waals surface area (Å²) in [6.45, 7) is 1.77. The normalized spacial score (nSPS) is 15.2. The van der Waals surface area contributed by atoms with Crippen LogP contribution in [0.2, 0.25) is 0 Å². The van der Waals surface area contributed by atoms with Gasteiger partial charge in [0.05, 0.1) is 6.42 Å². The second kappa shape index (κ2) is 4.97. The zero-order chi connectivity index (χ0) is 15.1. The Bertz CT molecular complexity index is 727. The molecular formula is C17H16FNO2. The van der Waals surface area contributed by atoms with Crippen molar-refractivity contribution in [2.45, 2.75) is 19.4 Å². The molecule has 1 atom stereocenters. The third kappa shape index (κ3) is 2.32. The molecule has 1 N–H and O–H groups in total. The van der Waals surface area contributed by atoms with Gasteiger partial charge >= 0.3 is 0 Å². The number of benzene rings is 2. The second-order valence-electron chi connectivity index (χ2n) is 5.42. The Hall–Kier alpha value is -2.20. The summed E-state index contributed by atoms with van der Waals surface area (Å²) in [4.78, 5) is 13.3. The Morgan fingerprint density at radius 2 is 2.00 bits per heavy atom. The van der Waals surface area contributed by atoms with Crippen LogP contribution in [0.25, 0.3) is 0 Å². The zero-order valence-electron chi connectivity index (χ0n) is 11.9. The van der Waals surface area contributed by atoms with Crippen LogP contribution in [0.3, 0.4) is 0 Å². The fourth-order valence-corrected chi connectivity index (χ4v) is 2.79. The van der Waals surface area contributed by atoms with E-state index in [4.69, 9.17) is 0 Å². The summed E-state index contributed by atoms with van der Waals surface area (Å²) in [6.07, 6.45) is -0.466. The van der Waals surface area contributed by atoms with Crippen LogP contribution < -0.4 is 4.90 Å². The van der Waals surface area contributed by atoms with Crippen LogP contribution in [0, 0.1) is 12.7 Å². The highest BCUT2D eigenvalue weighted by atomic mass is 19.1. The van der Waals surface area contributed by atoms with Crippen molar-refractivity contribution in [3.05, 3.63) is 64.5 Å². The summed E-state index contributed by atoms with van der Waals surface area (Å²) in [5.74, 6) is -0.265. The monoisotopic (exact) mass is 285 g/mol. The molecule has 1 heterocycles. The third-order valence-corrected chi connectivity index (χ3v) is 4.02. The van der Waals surface area contributed by atoms with E-state index in [1.54, 1.807) is 31.0 Å². The number of hydrogen-bond acceptors (Lipinski definition) is 2. The van der Waals surface area contributed by atoms with Gasteiger partial charge in [-0.15, -0.1) is 0 Å². The summed E-state index contributed by atoms with van der Waals surface area (Å²) in [6, 6.07) is 9.85. The largest absolute Gasteiger partial charge is 0.384 e. The van der Waals surface area contributed by atoms with Gasteiger partial charge in [-0.05, 0) is 47.4 Å². The first-order valence-corrected chi connectivity index (χ1v) is 6.81. The summed E-state index contributed by atoms with van der Waals surface area (Å²) in [7, 11) is 1.74. The number of anilines is 1. The number of nitrogens with zero attached hydrogens (tertiary/aromatic N) is 1. The van der Waals surface area contributed by atoms with Crippen molar-refractivity contribution in [1.82, 2.24) is 0 Å². The summed E-state index contributed by atoms with van der Waals surface area (Å²) >= 11 is 0. The van der Waals surface area contributed by atoms with Crippen LogP contribution in [0.1, 0.15) is 28.4 Å². The zero-order valence-corrected chi connectivity index (χ0v) is 11.9. The van der Waals surface area contributed by atoms with Crippen LogP contribution in [0.15, 0.2) is 36.4 Å². The van der Waals surface area contributed by atoms with Crippen molar-refractivity contribution in [2.75, 3.05) is 11.9 Å². The Labute approximate surface area is 122 Å². The fraction of sp³-hybridized carbons (Fsp3) is 0.235. The van der Waals surface area contributed by atoms with Crippen molar-refractivity contribution in [2.24, 2.45) is 0 Å². The number of aryl methyl sites for hydroxylation is 1. The van der Waals surface area contributed by atoms with Crippen LogP contribution in [0.4, 0.5) is 10.1 Å². The highest BCUT2D eigenvalue weighted by Crippen LogP contribution is 2.32. The Morgan fingerprint density at radius 1 is 1.24 bits per heavy atom. The Morgan fingerprint density at radius 3 is 2.71 bits per heavy atom. The van der Waals surface area contributed by atoms with Crippen LogP contribution >= 0.6 is 0 Å². The average molecular weight is 285 g/mol. The van der Waals surface area contributed by atoms with E-state index < -0.39 is 6.10 Å². The molecule has 1 amide bonds. The number of fused-ring (bicyclic) bond motifs is 1. The summed E-state index contributed by atoms with van der Waals surface area (Å²) in [5.41, 5.74) is 3.89. The third-order valence-electron chi connectivity index (χ3n) is 4.02. The van der Waals surface area contributed by atoms with E-state index in [1.807, 2.05) is 12.1 Å². The quantitative estimate of drug-likeness (QED) is 0.921. The van der Waals surface area contributed by atoms with Gasteiger partial charge in [0.2, 0.25) is 5.91 Å². The van der Waals surface area contributed by atoms with Gasteiger partial charge in [-0.25, -0.2) is 4.39 Å². The van der Waals surface area contributed by atoms with Gasteiger partial charge in [-0.2, -0.15) is 0 Å². The van der Waals surface area contributed by atoms with Crippen LogP contribution in [0.5, 0.6) is 0 Å². The van der Waals surface area contributed by atoms with Gasteiger partial charge < -0.3 is 10.0 Å². The number of aliphatic hydroxyl groups is 1. The fourth-order valence-electron chi connectivity index (χ4n) is 2.79. The molecule has 3 nitrogen and oxygen atoms in total. The van der Waals surface area contributed by atoms with E-state index in [-0.39, 0.29) is 11.7 Å². The molecule has 1 aliphatic rings. The van der Waals surface area contributed by atoms with Crippen molar-refractivity contribution in [1.29, 1.82) is 0 Å².